The third-order valence-electron chi connectivity index (χ3n) is 3.18. The van der Waals surface area contributed by atoms with Gasteiger partial charge < -0.3 is 0 Å². The van der Waals surface area contributed by atoms with Gasteiger partial charge in [0.1, 0.15) is 0 Å². The number of Topliss-reactive ketones (excluding diaryl/α,β-unsaturated/α-hetero) is 1. The van der Waals surface area contributed by atoms with Crippen molar-refractivity contribution in [3.8, 4) is 0 Å². The summed E-state index contributed by atoms with van der Waals surface area (Å²) in [6.45, 7) is 0. The van der Waals surface area contributed by atoms with Crippen molar-refractivity contribution in [2.24, 2.45) is 0 Å². The number of halogens is 1. The van der Waals surface area contributed by atoms with Gasteiger partial charge in [0.05, 0.1) is 4.88 Å². The molecule has 19 heavy (non-hydrogen) atoms. The monoisotopic (exact) mass is 400 g/mol. The Balaban J connectivity index is 1.76. The number of thioether (sulfide) groups is 1. The summed E-state index contributed by atoms with van der Waals surface area (Å²) in [6.07, 6.45) is 1.64. The van der Waals surface area contributed by atoms with Crippen LogP contribution in [0.2, 0.25) is 0 Å². The van der Waals surface area contributed by atoms with E-state index in [1.54, 1.807) is 11.3 Å². The Morgan fingerprint density at radius 1 is 1.26 bits per heavy atom. The third-order valence-corrected chi connectivity index (χ3v) is 6.19. The molecule has 98 valence electrons. The lowest BCUT2D eigenvalue weighted by Crippen LogP contribution is -2.01. The minimum Gasteiger partial charge on any atom is -0.293 e. The van der Waals surface area contributed by atoms with Crippen LogP contribution in [0.5, 0.6) is 0 Å². The summed E-state index contributed by atoms with van der Waals surface area (Å²) < 4.78 is 1.21. The van der Waals surface area contributed by atoms with Crippen molar-refractivity contribution in [3.05, 3.63) is 54.8 Å². The average Bonchev–Trinajstić information content (AvgIpc) is 2.85. The van der Waals surface area contributed by atoms with E-state index in [1.165, 1.54) is 19.8 Å². The minimum absolute atomic E-state index is 0.255. The SMILES string of the molecule is O=C(Cc1ccc(I)cc1)c1cc2c(s1)CCSC2. The van der Waals surface area contributed by atoms with E-state index in [1.807, 2.05) is 23.9 Å². The van der Waals surface area contributed by atoms with E-state index in [0.717, 1.165) is 22.6 Å². The molecule has 2 aromatic rings. The number of hydrogen-bond acceptors (Lipinski definition) is 3. The molecular weight excluding hydrogens is 387 g/mol. The zero-order chi connectivity index (χ0) is 13.2. The van der Waals surface area contributed by atoms with Gasteiger partial charge in [0, 0.05) is 20.6 Å². The van der Waals surface area contributed by atoms with Crippen LogP contribution in [0.25, 0.3) is 0 Å². The second kappa shape index (κ2) is 5.97. The second-order valence-corrected chi connectivity index (χ2v) is 8.08. The number of benzene rings is 1. The lowest BCUT2D eigenvalue weighted by Gasteiger charge is -2.08. The largest absolute Gasteiger partial charge is 0.293 e. The Bertz CT molecular complexity index is 578. The maximum absolute atomic E-state index is 12.3. The van der Waals surface area contributed by atoms with Crippen LogP contribution < -0.4 is 0 Å². The van der Waals surface area contributed by atoms with Crippen LogP contribution in [0.3, 0.4) is 0 Å². The molecule has 0 aliphatic carbocycles. The van der Waals surface area contributed by atoms with Crippen molar-refractivity contribution in [2.75, 3.05) is 5.75 Å². The smallest absolute Gasteiger partial charge is 0.177 e. The fourth-order valence-electron chi connectivity index (χ4n) is 2.16. The van der Waals surface area contributed by atoms with E-state index in [2.05, 4.69) is 40.8 Å². The maximum atomic E-state index is 12.3. The van der Waals surface area contributed by atoms with Gasteiger partial charge in [-0.1, -0.05) is 12.1 Å². The number of fused-ring (bicyclic) bond motifs is 1. The Morgan fingerprint density at radius 3 is 2.79 bits per heavy atom. The lowest BCUT2D eigenvalue weighted by molar-refractivity contribution is 0.0997. The first-order valence-corrected chi connectivity index (χ1v) is 9.24. The molecule has 0 atom stereocenters. The van der Waals surface area contributed by atoms with E-state index in [4.69, 9.17) is 0 Å². The number of ketones is 1. The van der Waals surface area contributed by atoms with Gasteiger partial charge in [-0.2, -0.15) is 11.8 Å². The quantitative estimate of drug-likeness (QED) is 0.555. The summed E-state index contributed by atoms with van der Waals surface area (Å²) >= 11 is 5.95. The summed E-state index contributed by atoms with van der Waals surface area (Å²) in [7, 11) is 0. The molecule has 1 nitrogen and oxygen atoms in total. The van der Waals surface area contributed by atoms with E-state index in [0.29, 0.717) is 6.42 Å². The van der Waals surface area contributed by atoms with Crippen molar-refractivity contribution in [1.29, 1.82) is 0 Å². The number of aryl methyl sites for hydroxylation is 1. The standard InChI is InChI=1S/C15H13IOS2/c16-12-3-1-10(2-4-12)7-13(17)15-8-11-9-18-6-5-14(11)19-15/h1-4,8H,5-7,9H2. The molecular formula is C15H13IOS2. The van der Waals surface area contributed by atoms with Gasteiger partial charge in [-0.05, 0) is 64.1 Å². The van der Waals surface area contributed by atoms with Gasteiger partial charge in [-0.3, -0.25) is 4.79 Å². The molecule has 2 heterocycles. The predicted octanol–water partition coefficient (Wildman–Crippen LogP) is 4.57. The van der Waals surface area contributed by atoms with E-state index in [9.17, 15) is 4.79 Å². The normalized spacial score (nSPS) is 14.2. The first kappa shape index (κ1) is 13.6. The molecule has 1 aromatic carbocycles. The molecule has 0 amide bonds. The highest BCUT2D eigenvalue weighted by Crippen LogP contribution is 2.32. The molecule has 0 unspecified atom stereocenters. The Labute approximate surface area is 134 Å². The maximum Gasteiger partial charge on any atom is 0.177 e. The van der Waals surface area contributed by atoms with Crippen molar-refractivity contribution < 1.29 is 4.79 Å². The van der Waals surface area contributed by atoms with E-state index >= 15 is 0 Å². The van der Waals surface area contributed by atoms with Gasteiger partial charge in [0.2, 0.25) is 0 Å². The molecule has 3 rings (SSSR count). The third kappa shape index (κ3) is 3.23. The zero-order valence-electron chi connectivity index (χ0n) is 10.3. The minimum atomic E-state index is 0.255. The van der Waals surface area contributed by atoms with Gasteiger partial charge in [0.25, 0.3) is 0 Å². The highest BCUT2D eigenvalue weighted by atomic mass is 127. The summed E-state index contributed by atoms with van der Waals surface area (Å²) in [5.74, 6) is 2.52. The van der Waals surface area contributed by atoms with Crippen molar-refractivity contribution >= 4 is 51.5 Å². The molecule has 0 N–H and O–H groups in total. The summed E-state index contributed by atoms with van der Waals surface area (Å²) in [6, 6.07) is 10.3. The van der Waals surface area contributed by atoms with Crippen molar-refractivity contribution in [2.45, 2.75) is 18.6 Å². The topological polar surface area (TPSA) is 17.1 Å². The molecule has 0 radical (unpaired) electrons. The van der Waals surface area contributed by atoms with E-state index in [-0.39, 0.29) is 5.78 Å². The highest BCUT2D eigenvalue weighted by Gasteiger charge is 2.17. The summed E-state index contributed by atoms with van der Waals surface area (Å²) in [4.78, 5) is 14.7. The molecule has 0 saturated carbocycles. The van der Waals surface area contributed by atoms with Gasteiger partial charge >= 0.3 is 0 Å². The number of carbonyl (C=O) groups excluding carboxylic acids is 1. The van der Waals surface area contributed by atoms with Crippen molar-refractivity contribution in [1.82, 2.24) is 0 Å². The van der Waals surface area contributed by atoms with Crippen molar-refractivity contribution in [3.63, 3.8) is 0 Å². The molecule has 4 heteroatoms. The first-order valence-electron chi connectivity index (χ1n) is 6.19. The fraction of sp³-hybridized carbons (Fsp3) is 0.267. The second-order valence-electron chi connectivity index (χ2n) is 4.59. The number of hydrogen-bond donors (Lipinski definition) is 0. The van der Waals surface area contributed by atoms with Gasteiger partial charge in [-0.15, -0.1) is 11.3 Å². The predicted molar refractivity (Wildman–Crippen MR) is 91.4 cm³/mol. The van der Waals surface area contributed by atoms with Crippen LogP contribution in [0.1, 0.15) is 25.7 Å². The molecule has 1 aliphatic rings. The highest BCUT2D eigenvalue weighted by molar-refractivity contribution is 14.1. The average molecular weight is 400 g/mol. The zero-order valence-corrected chi connectivity index (χ0v) is 14.1. The van der Waals surface area contributed by atoms with Crippen LogP contribution in [0.15, 0.2) is 30.3 Å². The van der Waals surface area contributed by atoms with Crippen LogP contribution in [-0.2, 0) is 18.6 Å². The molecule has 1 aromatic heterocycles. The van der Waals surface area contributed by atoms with Gasteiger partial charge in [-0.25, -0.2) is 0 Å². The van der Waals surface area contributed by atoms with Crippen LogP contribution in [-0.4, -0.2) is 11.5 Å². The Hall–Kier alpha value is -0.330. The summed E-state index contributed by atoms with van der Waals surface area (Å²) in [5.41, 5.74) is 2.48. The molecule has 0 saturated heterocycles. The molecule has 0 fully saturated rings. The fourth-order valence-corrected chi connectivity index (χ4v) is 4.83. The molecule has 0 bridgehead atoms. The van der Waals surface area contributed by atoms with E-state index < -0.39 is 0 Å². The number of rotatable bonds is 3. The van der Waals surface area contributed by atoms with Crippen LogP contribution in [0, 0.1) is 3.57 Å². The summed E-state index contributed by atoms with van der Waals surface area (Å²) in [5, 5.41) is 0. The number of carbonyl (C=O) groups is 1. The van der Waals surface area contributed by atoms with Crippen LogP contribution in [0.4, 0.5) is 0 Å². The first-order chi connectivity index (χ1) is 9.22. The Kier molecular flexibility index (Phi) is 4.29. The lowest BCUT2D eigenvalue weighted by atomic mass is 10.1. The van der Waals surface area contributed by atoms with Gasteiger partial charge in [0.15, 0.2) is 5.78 Å². The molecule has 0 spiro atoms. The number of thiophene rings is 1. The van der Waals surface area contributed by atoms with Crippen LogP contribution >= 0.6 is 45.7 Å². The molecule has 1 aliphatic heterocycles. The Morgan fingerprint density at radius 2 is 2.05 bits per heavy atom.